The fourth-order valence-corrected chi connectivity index (χ4v) is 2.34. The van der Waals surface area contributed by atoms with E-state index in [0.29, 0.717) is 11.3 Å². The molecule has 0 bridgehead atoms. The number of carbonyl (C=O) groups excluding carboxylic acids is 2. The lowest BCUT2D eigenvalue weighted by atomic mass is 10.2. The van der Waals surface area contributed by atoms with E-state index in [1.165, 1.54) is 25.1 Å². The quantitative estimate of drug-likeness (QED) is 0.875. The molecule has 0 saturated carbocycles. The predicted molar refractivity (Wildman–Crippen MR) is 72.8 cm³/mol. The lowest BCUT2D eigenvalue weighted by Gasteiger charge is -2.10. The molecule has 2 amide bonds. The first-order valence-corrected chi connectivity index (χ1v) is 7.32. The van der Waals surface area contributed by atoms with Crippen molar-refractivity contribution in [2.75, 3.05) is 11.9 Å². The topological polar surface area (TPSA) is 102 Å². The first kappa shape index (κ1) is 16.0. The average molecular weight is 300 g/mol. The Morgan fingerprint density at radius 3 is 2.50 bits per heavy atom. The summed E-state index contributed by atoms with van der Waals surface area (Å²) in [6, 6.07) is 4.14. The highest BCUT2D eigenvalue weighted by Gasteiger charge is 2.19. The minimum Gasteiger partial charge on any atom is -0.449 e. The summed E-state index contributed by atoms with van der Waals surface area (Å²) in [4.78, 5) is 22.1. The number of amides is 2. The number of nitrogens with one attached hydrogen (secondary N) is 2. The van der Waals surface area contributed by atoms with Crippen LogP contribution in [0, 0.1) is 6.92 Å². The second-order valence-electron chi connectivity index (χ2n) is 3.98. The van der Waals surface area contributed by atoms with Gasteiger partial charge in [0.2, 0.25) is 5.91 Å². The molecule has 7 nitrogen and oxygen atoms in total. The van der Waals surface area contributed by atoms with Crippen molar-refractivity contribution in [1.29, 1.82) is 0 Å². The van der Waals surface area contributed by atoms with E-state index in [0.717, 1.165) is 0 Å². The lowest BCUT2D eigenvalue weighted by Crippen LogP contribution is -2.31. The van der Waals surface area contributed by atoms with Crippen molar-refractivity contribution in [3.63, 3.8) is 0 Å². The second-order valence-corrected chi connectivity index (χ2v) is 5.67. The van der Waals surface area contributed by atoms with Crippen LogP contribution >= 0.6 is 0 Å². The molecule has 0 unspecified atom stereocenters. The van der Waals surface area contributed by atoms with Crippen LogP contribution in [0.15, 0.2) is 23.1 Å². The third kappa shape index (κ3) is 4.23. The Labute approximate surface area is 117 Å². The maximum Gasteiger partial charge on any atom is 0.421 e. The minimum absolute atomic E-state index is 0.0619. The van der Waals surface area contributed by atoms with Gasteiger partial charge in [-0.05, 0) is 31.5 Å². The average Bonchev–Trinajstić information content (AvgIpc) is 2.30. The first-order chi connectivity index (χ1) is 9.26. The fourth-order valence-electron chi connectivity index (χ4n) is 1.42. The Balaban J connectivity index is 3.07. The van der Waals surface area contributed by atoms with Crippen LogP contribution in [0.1, 0.15) is 19.4 Å². The molecule has 110 valence electrons. The molecule has 1 aromatic carbocycles. The van der Waals surface area contributed by atoms with Crippen molar-refractivity contribution >= 4 is 27.7 Å². The Morgan fingerprint density at radius 2 is 1.95 bits per heavy atom. The molecule has 0 fully saturated rings. The van der Waals surface area contributed by atoms with Gasteiger partial charge in [-0.2, -0.15) is 0 Å². The molecule has 2 N–H and O–H groups in total. The van der Waals surface area contributed by atoms with Gasteiger partial charge in [-0.25, -0.2) is 17.9 Å². The molecule has 0 heterocycles. The van der Waals surface area contributed by atoms with Gasteiger partial charge in [0.15, 0.2) is 0 Å². The molecule has 0 aliphatic rings. The molecule has 0 aromatic heterocycles. The number of hydrogen-bond donors (Lipinski definition) is 2. The summed E-state index contributed by atoms with van der Waals surface area (Å²) in [5.74, 6) is -0.319. The Kier molecular flexibility index (Phi) is 5.09. The van der Waals surface area contributed by atoms with Crippen molar-refractivity contribution in [3.8, 4) is 0 Å². The zero-order valence-corrected chi connectivity index (χ0v) is 12.2. The highest BCUT2D eigenvalue weighted by molar-refractivity contribution is 7.90. The molecule has 1 rings (SSSR count). The second kappa shape index (κ2) is 6.38. The van der Waals surface area contributed by atoms with Gasteiger partial charge in [0.1, 0.15) is 0 Å². The van der Waals surface area contributed by atoms with Crippen LogP contribution in [0.4, 0.5) is 10.5 Å². The number of benzene rings is 1. The van der Waals surface area contributed by atoms with Crippen LogP contribution in [-0.4, -0.2) is 27.0 Å². The van der Waals surface area contributed by atoms with Crippen LogP contribution in [0.3, 0.4) is 0 Å². The molecule has 0 aliphatic heterocycles. The van der Waals surface area contributed by atoms with Gasteiger partial charge >= 0.3 is 6.09 Å². The highest BCUT2D eigenvalue weighted by atomic mass is 32.2. The van der Waals surface area contributed by atoms with Crippen LogP contribution in [0.2, 0.25) is 0 Å². The molecular weight excluding hydrogens is 284 g/mol. The summed E-state index contributed by atoms with van der Waals surface area (Å²) in [5.41, 5.74) is 1.07. The van der Waals surface area contributed by atoms with E-state index >= 15 is 0 Å². The molecule has 0 spiro atoms. The summed E-state index contributed by atoms with van der Waals surface area (Å²) in [7, 11) is -4.03. The van der Waals surface area contributed by atoms with Gasteiger partial charge in [-0.1, -0.05) is 6.07 Å². The number of carbonyl (C=O) groups is 2. The van der Waals surface area contributed by atoms with Gasteiger partial charge in [-0.3, -0.25) is 4.79 Å². The number of rotatable bonds is 4. The summed E-state index contributed by atoms with van der Waals surface area (Å²) >= 11 is 0. The Hall–Kier alpha value is -2.09. The Bertz CT molecular complexity index is 625. The largest absolute Gasteiger partial charge is 0.449 e. The van der Waals surface area contributed by atoms with Gasteiger partial charge in [0, 0.05) is 12.6 Å². The number of ether oxygens (including phenoxy) is 1. The molecular formula is C12H16N2O5S. The van der Waals surface area contributed by atoms with Crippen molar-refractivity contribution < 1.29 is 22.7 Å². The number of anilines is 1. The highest BCUT2D eigenvalue weighted by Crippen LogP contribution is 2.20. The molecule has 20 heavy (non-hydrogen) atoms. The smallest absolute Gasteiger partial charge is 0.421 e. The van der Waals surface area contributed by atoms with Gasteiger partial charge in [0.25, 0.3) is 10.0 Å². The van der Waals surface area contributed by atoms with Crippen LogP contribution < -0.4 is 10.0 Å². The predicted octanol–water partition coefficient (Wildman–Crippen LogP) is 1.39. The summed E-state index contributed by atoms with van der Waals surface area (Å²) in [6.45, 7) is 4.66. The SMILES string of the molecule is CCOC(=O)NS(=O)(=O)c1ccc(C)c(NC(C)=O)c1. The van der Waals surface area contributed by atoms with Crippen molar-refractivity contribution in [2.24, 2.45) is 0 Å². The van der Waals surface area contributed by atoms with Crippen molar-refractivity contribution in [3.05, 3.63) is 23.8 Å². The summed E-state index contributed by atoms with van der Waals surface area (Å²) in [6.07, 6.45) is -1.05. The van der Waals surface area contributed by atoms with Crippen LogP contribution in [0.25, 0.3) is 0 Å². The lowest BCUT2D eigenvalue weighted by molar-refractivity contribution is -0.114. The van der Waals surface area contributed by atoms with E-state index in [2.05, 4.69) is 10.1 Å². The molecule has 0 saturated heterocycles. The maximum absolute atomic E-state index is 11.9. The van der Waals surface area contributed by atoms with Gasteiger partial charge < -0.3 is 10.1 Å². The van der Waals surface area contributed by atoms with Gasteiger partial charge in [0.05, 0.1) is 11.5 Å². The molecule has 8 heteroatoms. The first-order valence-electron chi connectivity index (χ1n) is 5.84. The fraction of sp³-hybridized carbons (Fsp3) is 0.333. The third-order valence-electron chi connectivity index (χ3n) is 2.32. The van der Waals surface area contributed by atoms with E-state index in [1.54, 1.807) is 18.6 Å². The monoisotopic (exact) mass is 300 g/mol. The molecule has 1 aromatic rings. The normalized spacial score (nSPS) is 10.8. The maximum atomic E-state index is 11.9. The molecule has 0 atom stereocenters. The zero-order valence-electron chi connectivity index (χ0n) is 11.4. The van der Waals surface area contributed by atoms with Crippen LogP contribution in [-0.2, 0) is 19.6 Å². The Morgan fingerprint density at radius 1 is 1.30 bits per heavy atom. The molecule has 0 aliphatic carbocycles. The zero-order chi connectivity index (χ0) is 15.3. The summed E-state index contributed by atoms with van der Waals surface area (Å²) < 4.78 is 30.2. The van der Waals surface area contributed by atoms with E-state index in [4.69, 9.17) is 0 Å². The van der Waals surface area contributed by atoms with Crippen molar-refractivity contribution in [2.45, 2.75) is 25.7 Å². The van der Waals surface area contributed by atoms with Crippen LogP contribution in [0.5, 0.6) is 0 Å². The van der Waals surface area contributed by atoms with Crippen molar-refractivity contribution in [1.82, 2.24) is 4.72 Å². The minimum atomic E-state index is -4.03. The van der Waals surface area contributed by atoms with E-state index in [1.807, 2.05) is 0 Å². The van der Waals surface area contributed by atoms with E-state index < -0.39 is 16.1 Å². The third-order valence-corrected chi connectivity index (χ3v) is 3.63. The number of aryl methyl sites for hydroxylation is 1. The number of sulfonamides is 1. The summed E-state index contributed by atoms with van der Waals surface area (Å²) in [5, 5.41) is 2.52. The standard InChI is InChI=1S/C12H16N2O5S/c1-4-19-12(16)14-20(17,18)10-6-5-8(2)11(7-10)13-9(3)15/h5-7H,4H2,1-3H3,(H,13,15)(H,14,16). The van der Waals surface area contributed by atoms with E-state index in [-0.39, 0.29) is 17.4 Å². The van der Waals surface area contributed by atoms with Gasteiger partial charge in [-0.15, -0.1) is 0 Å². The number of hydrogen-bond acceptors (Lipinski definition) is 5. The van der Waals surface area contributed by atoms with E-state index in [9.17, 15) is 18.0 Å². The molecule has 0 radical (unpaired) electrons.